The first-order valence-corrected chi connectivity index (χ1v) is 8.86. The van der Waals surface area contributed by atoms with Crippen LogP contribution in [0.5, 0.6) is 0 Å². The van der Waals surface area contributed by atoms with Gasteiger partial charge >= 0.3 is 5.97 Å². The molecule has 0 aliphatic carbocycles. The van der Waals surface area contributed by atoms with Crippen LogP contribution in [0.3, 0.4) is 0 Å². The molecule has 0 aromatic heterocycles. The second kappa shape index (κ2) is 9.04. The fourth-order valence-electron chi connectivity index (χ4n) is 2.93. The lowest BCUT2D eigenvalue weighted by Gasteiger charge is -2.30. The van der Waals surface area contributed by atoms with E-state index >= 15 is 0 Å². The van der Waals surface area contributed by atoms with Gasteiger partial charge in [-0.3, -0.25) is 9.59 Å². The Bertz CT molecular complexity index is 741. The molecule has 0 atom stereocenters. The van der Waals surface area contributed by atoms with E-state index in [4.69, 9.17) is 4.74 Å². The number of benzene rings is 1. The van der Waals surface area contributed by atoms with E-state index in [1.165, 1.54) is 6.20 Å². The molecular weight excluding hydrogens is 330 g/mol. The predicted octanol–water partition coefficient (Wildman–Crippen LogP) is 2.92. The van der Waals surface area contributed by atoms with Crippen LogP contribution in [0.25, 0.3) is 0 Å². The second-order valence-corrected chi connectivity index (χ2v) is 6.45. The van der Waals surface area contributed by atoms with Gasteiger partial charge in [-0.25, -0.2) is 0 Å². The maximum atomic E-state index is 12.6. The van der Waals surface area contributed by atoms with Crippen LogP contribution >= 0.6 is 0 Å². The number of nitrogens with zero attached hydrogens (tertiary/aromatic N) is 2. The molecule has 1 N–H and O–H groups in total. The third-order valence-electron chi connectivity index (χ3n) is 4.52. The standard InChI is InChI=1S/C20H25N3O3/c1-4-26-20(25)16-7-9-23(10-8-16)19(24)17(12-21)13-22-18-11-14(2)5-6-15(18)3/h5-6,11,13,16,22H,4,7-10H2,1-3H3/b17-13-. The quantitative estimate of drug-likeness (QED) is 0.499. The molecule has 0 saturated carbocycles. The molecule has 0 spiro atoms. The summed E-state index contributed by atoms with van der Waals surface area (Å²) in [6, 6.07) is 7.94. The van der Waals surface area contributed by atoms with Crippen LogP contribution in [-0.4, -0.2) is 36.5 Å². The fraction of sp³-hybridized carbons (Fsp3) is 0.450. The zero-order chi connectivity index (χ0) is 19.1. The molecule has 1 aliphatic rings. The van der Waals surface area contributed by atoms with Gasteiger partial charge in [0.15, 0.2) is 0 Å². The Morgan fingerprint density at radius 1 is 1.35 bits per heavy atom. The summed E-state index contributed by atoms with van der Waals surface area (Å²) >= 11 is 0. The summed E-state index contributed by atoms with van der Waals surface area (Å²) in [6.07, 6.45) is 2.59. The molecule has 26 heavy (non-hydrogen) atoms. The Morgan fingerprint density at radius 3 is 2.65 bits per heavy atom. The molecule has 1 aliphatic heterocycles. The van der Waals surface area contributed by atoms with Crippen LogP contribution in [-0.2, 0) is 14.3 Å². The molecule has 1 fully saturated rings. The lowest BCUT2D eigenvalue weighted by atomic mass is 9.96. The van der Waals surface area contributed by atoms with Crippen LogP contribution in [0.2, 0.25) is 0 Å². The SMILES string of the molecule is CCOC(=O)C1CCN(C(=O)/C(C#N)=C\Nc2cc(C)ccc2C)CC1. The van der Waals surface area contributed by atoms with E-state index in [9.17, 15) is 14.9 Å². The number of aryl methyl sites for hydroxylation is 2. The number of amides is 1. The van der Waals surface area contributed by atoms with Gasteiger partial charge in [0.1, 0.15) is 11.6 Å². The van der Waals surface area contributed by atoms with Crippen molar-refractivity contribution in [3.05, 3.63) is 41.1 Å². The average molecular weight is 355 g/mol. The van der Waals surface area contributed by atoms with Gasteiger partial charge in [-0.1, -0.05) is 12.1 Å². The maximum Gasteiger partial charge on any atom is 0.309 e. The second-order valence-electron chi connectivity index (χ2n) is 6.45. The first kappa shape index (κ1) is 19.5. The van der Waals surface area contributed by atoms with Crippen molar-refractivity contribution >= 4 is 17.6 Å². The number of nitrogens with one attached hydrogen (secondary N) is 1. The number of piperidine rings is 1. The highest BCUT2D eigenvalue weighted by atomic mass is 16.5. The normalized spacial score (nSPS) is 15.3. The van der Waals surface area contributed by atoms with Gasteiger partial charge in [-0.2, -0.15) is 5.26 Å². The van der Waals surface area contributed by atoms with Crippen molar-refractivity contribution in [3.8, 4) is 6.07 Å². The summed E-state index contributed by atoms with van der Waals surface area (Å²) in [4.78, 5) is 26.0. The van der Waals surface area contributed by atoms with E-state index in [0.29, 0.717) is 32.5 Å². The number of nitriles is 1. The number of carbonyl (C=O) groups excluding carboxylic acids is 2. The summed E-state index contributed by atoms with van der Waals surface area (Å²) < 4.78 is 5.04. The Morgan fingerprint density at radius 2 is 2.04 bits per heavy atom. The van der Waals surface area contributed by atoms with Gasteiger partial charge in [0.2, 0.25) is 0 Å². The van der Waals surface area contributed by atoms with Crippen LogP contribution in [0.1, 0.15) is 30.9 Å². The average Bonchev–Trinajstić information content (AvgIpc) is 2.65. The number of rotatable bonds is 5. The molecule has 1 heterocycles. The lowest BCUT2D eigenvalue weighted by molar-refractivity contribution is -0.150. The molecule has 1 aromatic carbocycles. The molecule has 1 aromatic rings. The van der Waals surface area contributed by atoms with Crippen molar-refractivity contribution in [1.29, 1.82) is 5.26 Å². The highest BCUT2D eigenvalue weighted by Crippen LogP contribution is 2.21. The van der Waals surface area contributed by atoms with Crippen LogP contribution in [0.15, 0.2) is 30.0 Å². The minimum atomic E-state index is -0.312. The minimum Gasteiger partial charge on any atom is -0.466 e. The topological polar surface area (TPSA) is 82.4 Å². The molecule has 6 nitrogen and oxygen atoms in total. The Kier molecular flexibility index (Phi) is 6.79. The largest absolute Gasteiger partial charge is 0.466 e. The van der Waals surface area contributed by atoms with E-state index in [-0.39, 0.29) is 23.4 Å². The number of ether oxygens (including phenoxy) is 1. The van der Waals surface area contributed by atoms with Crippen LogP contribution in [0.4, 0.5) is 5.69 Å². The number of hydrogen-bond acceptors (Lipinski definition) is 5. The Labute approximate surface area is 154 Å². The molecule has 1 amide bonds. The Balaban J connectivity index is 2.00. The predicted molar refractivity (Wildman–Crippen MR) is 99.2 cm³/mol. The summed E-state index contributed by atoms with van der Waals surface area (Å²) in [5.74, 6) is -0.679. The molecule has 138 valence electrons. The maximum absolute atomic E-state index is 12.6. The highest BCUT2D eigenvalue weighted by molar-refractivity contribution is 5.97. The first-order chi connectivity index (χ1) is 12.5. The van der Waals surface area contributed by atoms with Crippen molar-refractivity contribution in [2.75, 3.05) is 25.0 Å². The summed E-state index contributed by atoms with van der Waals surface area (Å²) in [5, 5.41) is 12.4. The molecule has 1 saturated heterocycles. The third-order valence-corrected chi connectivity index (χ3v) is 4.52. The zero-order valence-corrected chi connectivity index (χ0v) is 15.5. The highest BCUT2D eigenvalue weighted by Gasteiger charge is 2.29. The molecule has 0 unspecified atom stereocenters. The summed E-state index contributed by atoms with van der Waals surface area (Å²) in [5.41, 5.74) is 3.05. The van der Waals surface area contributed by atoms with Gasteiger partial charge in [-0.05, 0) is 50.8 Å². The van der Waals surface area contributed by atoms with Crippen molar-refractivity contribution in [1.82, 2.24) is 4.90 Å². The van der Waals surface area contributed by atoms with E-state index in [1.807, 2.05) is 38.1 Å². The first-order valence-electron chi connectivity index (χ1n) is 8.86. The number of hydrogen-bond donors (Lipinski definition) is 1. The van der Waals surface area contributed by atoms with Gasteiger partial charge in [0, 0.05) is 25.0 Å². The number of anilines is 1. The van der Waals surface area contributed by atoms with Gasteiger partial charge in [-0.15, -0.1) is 0 Å². The van der Waals surface area contributed by atoms with Gasteiger partial charge < -0.3 is 15.0 Å². The van der Waals surface area contributed by atoms with E-state index in [2.05, 4.69) is 5.32 Å². The van der Waals surface area contributed by atoms with E-state index in [0.717, 1.165) is 16.8 Å². The van der Waals surface area contributed by atoms with E-state index < -0.39 is 0 Å². The number of likely N-dealkylation sites (tertiary alicyclic amines) is 1. The number of esters is 1. The third kappa shape index (κ3) is 4.85. The minimum absolute atomic E-state index is 0.0560. The van der Waals surface area contributed by atoms with Gasteiger partial charge in [0.05, 0.1) is 12.5 Å². The van der Waals surface area contributed by atoms with Crippen LogP contribution < -0.4 is 5.32 Å². The molecular formula is C20H25N3O3. The lowest BCUT2D eigenvalue weighted by Crippen LogP contribution is -2.41. The van der Waals surface area contributed by atoms with Crippen molar-refractivity contribution in [2.45, 2.75) is 33.6 Å². The van der Waals surface area contributed by atoms with Crippen molar-refractivity contribution in [2.24, 2.45) is 5.92 Å². The number of carbonyl (C=O) groups is 2. The monoisotopic (exact) mass is 355 g/mol. The summed E-state index contributed by atoms with van der Waals surface area (Å²) in [7, 11) is 0. The van der Waals surface area contributed by atoms with E-state index in [1.54, 1.807) is 11.8 Å². The Hall–Kier alpha value is -2.81. The molecule has 0 radical (unpaired) electrons. The van der Waals surface area contributed by atoms with Crippen molar-refractivity contribution in [3.63, 3.8) is 0 Å². The van der Waals surface area contributed by atoms with Crippen LogP contribution in [0, 0.1) is 31.1 Å². The van der Waals surface area contributed by atoms with Gasteiger partial charge in [0.25, 0.3) is 5.91 Å². The molecule has 0 bridgehead atoms. The summed E-state index contributed by atoms with van der Waals surface area (Å²) in [6.45, 7) is 6.99. The molecule has 6 heteroatoms. The van der Waals surface area contributed by atoms with Crippen molar-refractivity contribution < 1.29 is 14.3 Å². The fourth-order valence-corrected chi connectivity index (χ4v) is 2.93. The molecule has 2 rings (SSSR count). The zero-order valence-electron chi connectivity index (χ0n) is 15.5. The smallest absolute Gasteiger partial charge is 0.309 e.